The maximum absolute atomic E-state index is 9.97. The fourth-order valence-electron chi connectivity index (χ4n) is 1.88. The molecule has 2 atom stereocenters. The van der Waals surface area contributed by atoms with E-state index >= 15 is 0 Å². The number of aliphatic hydroxyl groups is 1. The maximum Gasteiger partial charge on any atom is 0.127 e. The standard InChI is InChI=1S/C13H21NO3/c1-4-6-9(15)13(14)12-10(16-2)7-5-8-11(12)17-3/h5,7-9,13,15H,4,6,14H2,1-3H3/t9-,13-/m0/s1. The minimum Gasteiger partial charge on any atom is -0.496 e. The van der Waals surface area contributed by atoms with Gasteiger partial charge in [0.25, 0.3) is 0 Å². The van der Waals surface area contributed by atoms with Crippen LogP contribution in [0.2, 0.25) is 0 Å². The van der Waals surface area contributed by atoms with Gasteiger partial charge >= 0.3 is 0 Å². The topological polar surface area (TPSA) is 64.7 Å². The normalized spacial score (nSPS) is 14.2. The van der Waals surface area contributed by atoms with Gasteiger partial charge in [0.15, 0.2) is 0 Å². The van der Waals surface area contributed by atoms with Crippen LogP contribution in [0.3, 0.4) is 0 Å². The molecule has 0 amide bonds. The van der Waals surface area contributed by atoms with Crippen LogP contribution in [0.15, 0.2) is 18.2 Å². The van der Waals surface area contributed by atoms with E-state index in [1.165, 1.54) is 0 Å². The molecule has 0 saturated carbocycles. The van der Waals surface area contributed by atoms with Crippen molar-refractivity contribution in [1.82, 2.24) is 0 Å². The fourth-order valence-corrected chi connectivity index (χ4v) is 1.88. The van der Waals surface area contributed by atoms with E-state index in [1.54, 1.807) is 14.2 Å². The lowest BCUT2D eigenvalue weighted by Crippen LogP contribution is -2.27. The van der Waals surface area contributed by atoms with Crippen molar-refractivity contribution >= 4 is 0 Å². The Labute approximate surface area is 102 Å². The summed E-state index contributed by atoms with van der Waals surface area (Å²) < 4.78 is 10.5. The van der Waals surface area contributed by atoms with Crippen molar-refractivity contribution < 1.29 is 14.6 Å². The Hall–Kier alpha value is -1.26. The molecule has 1 rings (SSSR count). The Morgan fingerprint density at radius 3 is 2.18 bits per heavy atom. The highest BCUT2D eigenvalue weighted by Gasteiger charge is 2.23. The van der Waals surface area contributed by atoms with Crippen LogP contribution in [-0.2, 0) is 0 Å². The zero-order valence-corrected chi connectivity index (χ0v) is 10.6. The third kappa shape index (κ3) is 3.11. The molecule has 1 aromatic rings. The number of aliphatic hydroxyl groups excluding tert-OH is 1. The number of ether oxygens (including phenoxy) is 2. The molecule has 4 heteroatoms. The Morgan fingerprint density at radius 2 is 1.76 bits per heavy atom. The molecule has 0 spiro atoms. The predicted octanol–water partition coefficient (Wildman–Crippen LogP) is 1.86. The highest BCUT2D eigenvalue weighted by Crippen LogP contribution is 2.34. The SMILES string of the molecule is CCC[C@H](O)[C@H](N)c1c(OC)cccc1OC. The molecular formula is C13H21NO3. The van der Waals surface area contributed by atoms with Crippen molar-refractivity contribution in [2.75, 3.05) is 14.2 Å². The number of benzene rings is 1. The van der Waals surface area contributed by atoms with Gasteiger partial charge in [0, 0.05) is 0 Å². The summed E-state index contributed by atoms with van der Waals surface area (Å²) in [4.78, 5) is 0. The molecule has 1 aromatic carbocycles. The van der Waals surface area contributed by atoms with Gasteiger partial charge in [-0.25, -0.2) is 0 Å². The number of hydrogen-bond donors (Lipinski definition) is 2. The van der Waals surface area contributed by atoms with Gasteiger partial charge in [0.1, 0.15) is 11.5 Å². The van der Waals surface area contributed by atoms with E-state index in [2.05, 4.69) is 0 Å². The zero-order valence-electron chi connectivity index (χ0n) is 10.6. The molecule has 0 aromatic heterocycles. The summed E-state index contributed by atoms with van der Waals surface area (Å²) in [6.07, 6.45) is 0.944. The summed E-state index contributed by atoms with van der Waals surface area (Å²) in [6, 6.07) is 4.97. The Kier molecular flexibility index (Phi) is 5.25. The van der Waals surface area contributed by atoms with Crippen molar-refractivity contribution in [3.63, 3.8) is 0 Å². The molecule has 0 aliphatic carbocycles. The lowest BCUT2D eigenvalue weighted by atomic mass is 9.97. The van der Waals surface area contributed by atoms with Gasteiger partial charge in [-0.15, -0.1) is 0 Å². The van der Waals surface area contributed by atoms with Gasteiger partial charge in [0.05, 0.1) is 31.9 Å². The zero-order chi connectivity index (χ0) is 12.8. The van der Waals surface area contributed by atoms with E-state index in [4.69, 9.17) is 15.2 Å². The number of rotatable bonds is 6. The third-order valence-electron chi connectivity index (χ3n) is 2.80. The average Bonchev–Trinajstić information content (AvgIpc) is 2.37. The lowest BCUT2D eigenvalue weighted by molar-refractivity contribution is 0.131. The maximum atomic E-state index is 9.97. The Bertz CT molecular complexity index is 332. The first kappa shape index (κ1) is 13.8. The first-order valence-corrected chi connectivity index (χ1v) is 5.80. The highest BCUT2D eigenvalue weighted by atomic mass is 16.5. The molecular weight excluding hydrogens is 218 g/mol. The van der Waals surface area contributed by atoms with Gasteiger partial charge in [0.2, 0.25) is 0 Å². The number of hydrogen-bond acceptors (Lipinski definition) is 4. The van der Waals surface area contributed by atoms with E-state index in [-0.39, 0.29) is 0 Å². The van der Waals surface area contributed by atoms with Crippen LogP contribution in [-0.4, -0.2) is 25.4 Å². The smallest absolute Gasteiger partial charge is 0.127 e. The third-order valence-corrected chi connectivity index (χ3v) is 2.80. The van der Waals surface area contributed by atoms with Crippen LogP contribution < -0.4 is 15.2 Å². The van der Waals surface area contributed by atoms with Gasteiger partial charge < -0.3 is 20.3 Å². The summed E-state index contributed by atoms with van der Waals surface area (Å²) in [6.45, 7) is 2.01. The first-order chi connectivity index (χ1) is 8.15. The van der Waals surface area contributed by atoms with E-state index in [9.17, 15) is 5.11 Å². The molecule has 0 aliphatic rings. The van der Waals surface area contributed by atoms with Crippen molar-refractivity contribution in [1.29, 1.82) is 0 Å². The largest absolute Gasteiger partial charge is 0.496 e. The monoisotopic (exact) mass is 239 g/mol. The van der Waals surface area contributed by atoms with Crippen molar-refractivity contribution in [3.05, 3.63) is 23.8 Å². The van der Waals surface area contributed by atoms with Crippen molar-refractivity contribution in [2.24, 2.45) is 5.73 Å². The molecule has 17 heavy (non-hydrogen) atoms. The molecule has 96 valence electrons. The summed E-state index contributed by atoms with van der Waals surface area (Å²) in [7, 11) is 3.16. The van der Waals surface area contributed by atoms with Gasteiger partial charge in [-0.3, -0.25) is 0 Å². The summed E-state index contributed by atoms with van der Waals surface area (Å²) in [5.74, 6) is 1.29. The first-order valence-electron chi connectivity index (χ1n) is 5.80. The predicted molar refractivity (Wildman–Crippen MR) is 67.4 cm³/mol. The van der Waals surface area contributed by atoms with Crippen LogP contribution >= 0.6 is 0 Å². The molecule has 0 aliphatic heterocycles. The minimum atomic E-state index is -0.592. The number of methoxy groups -OCH3 is 2. The Balaban J connectivity index is 3.08. The van der Waals surface area contributed by atoms with Gasteiger partial charge in [-0.1, -0.05) is 19.4 Å². The second kappa shape index (κ2) is 6.47. The van der Waals surface area contributed by atoms with E-state index < -0.39 is 12.1 Å². The second-order valence-electron chi connectivity index (χ2n) is 3.96. The molecule has 0 radical (unpaired) electrons. The van der Waals surface area contributed by atoms with Crippen LogP contribution in [0, 0.1) is 0 Å². The molecule has 0 heterocycles. The summed E-state index contributed by atoms with van der Waals surface area (Å²) >= 11 is 0. The molecule has 0 bridgehead atoms. The van der Waals surface area contributed by atoms with Crippen LogP contribution in [0.25, 0.3) is 0 Å². The highest BCUT2D eigenvalue weighted by molar-refractivity contribution is 5.47. The molecule has 0 fully saturated rings. The average molecular weight is 239 g/mol. The van der Waals surface area contributed by atoms with Crippen molar-refractivity contribution in [3.8, 4) is 11.5 Å². The number of nitrogens with two attached hydrogens (primary N) is 1. The Morgan fingerprint density at radius 1 is 1.24 bits per heavy atom. The quantitative estimate of drug-likeness (QED) is 0.795. The van der Waals surface area contributed by atoms with Gasteiger partial charge in [-0.2, -0.15) is 0 Å². The fraction of sp³-hybridized carbons (Fsp3) is 0.538. The van der Waals surface area contributed by atoms with Crippen LogP contribution in [0.5, 0.6) is 11.5 Å². The van der Waals surface area contributed by atoms with Crippen LogP contribution in [0.4, 0.5) is 0 Å². The second-order valence-corrected chi connectivity index (χ2v) is 3.96. The summed E-state index contributed by atoms with van der Waals surface area (Å²) in [5.41, 5.74) is 6.79. The molecule has 3 N–H and O–H groups in total. The van der Waals surface area contributed by atoms with E-state index in [0.29, 0.717) is 17.9 Å². The lowest BCUT2D eigenvalue weighted by Gasteiger charge is -2.22. The minimum absolute atomic E-state index is 0.499. The molecule has 0 saturated heterocycles. The van der Waals surface area contributed by atoms with Crippen LogP contribution in [0.1, 0.15) is 31.4 Å². The molecule has 0 unspecified atom stereocenters. The van der Waals surface area contributed by atoms with E-state index in [1.807, 2.05) is 25.1 Å². The van der Waals surface area contributed by atoms with Crippen molar-refractivity contribution in [2.45, 2.75) is 31.9 Å². The molecule has 4 nitrogen and oxygen atoms in total. The van der Waals surface area contributed by atoms with E-state index in [0.717, 1.165) is 12.0 Å². The van der Waals surface area contributed by atoms with Gasteiger partial charge in [-0.05, 0) is 18.6 Å². The summed E-state index contributed by atoms with van der Waals surface area (Å²) in [5, 5.41) is 9.97.